The van der Waals surface area contributed by atoms with E-state index in [2.05, 4.69) is 15.5 Å². The number of anilines is 1. The predicted octanol–water partition coefficient (Wildman–Crippen LogP) is 4.20. The Hall–Kier alpha value is -2.84. The first kappa shape index (κ1) is 21.9. The molecule has 0 fully saturated rings. The van der Waals surface area contributed by atoms with Crippen molar-refractivity contribution in [1.29, 1.82) is 0 Å². The van der Waals surface area contributed by atoms with Crippen LogP contribution >= 0.6 is 23.4 Å². The number of nitrogens with zero attached hydrogens (tertiary/aromatic N) is 3. The van der Waals surface area contributed by atoms with Crippen LogP contribution in [0.25, 0.3) is 11.5 Å². The Morgan fingerprint density at radius 2 is 1.83 bits per heavy atom. The first-order valence-corrected chi connectivity index (χ1v) is 10.5. The average molecular weight is 445 g/mol. The minimum Gasteiger partial charge on any atom is -0.411 e. The lowest BCUT2D eigenvalue weighted by Gasteiger charge is -2.17. The lowest BCUT2D eigenvalue weighted by Crippen LogP contribution is -2.36. The van der Waals surface area contributed by atoms with Gasteiger partial charge in [0.25, 0.3) is 5.22 Å². The molecule has 156 valence electrons. The summed E-state index contributed by atoms with van der Waals surface area (Å²) in [5, 5.41) is 11.6. The largest absolute Gasteiger partial charge is 0.411 e. The van der Waals surface area contributed by atoms with Crippen molar-refractivity contribution < 1.29 is 14.0 Å². The topological polar surface area (TPSA) is 88.3 Å². The molecule has 0 unspecified atom stereocenters. The number of likely N-dealkylation sites (N-methyl/N-ethyl adjacent to an activating group) is 1. The van der Waals surface area contributed by atoms with E-state index in [4.69, 9.17) is 16.0 Å². The number of aromatic nitrogens is 2. The van der Waals surface area contributed by atoms with Gasteiger partial charge in [-0.25, -0.2) is 0 Å². The third-order valence-electron chi connectivity index (χ3n) is 4.35. The summed E-state index contributed by atoms with van der Waals surface area (Å²) >= 11 is 7.09. The fourth-order valence-electron chi connectivity index (χ4n) is 2.73. The maximum Gasteiger partial charge on any atom is 0.277 e. The molecule has 0 bridgehead atoms. The molecule has 0 radical (unpaired) electrons. The lowest BCUT2D eigenvalue weighted by atomic mass is 10.1. The van der Waals surface area contributed by atoms with Crippen molar-refractivity contribution in [3.05, 3.63) is 58.6 Å². The van der Waals surface area contributed by atoms with Crippen molar-refractivity contribution in [2.45, 2.75) is 19.1 Å². The predicted molar refractivity (Wildman–Crippen MR) is 118 cm³/mol. The molecule has 30 heavy (non-hydrogen) atoms. The average Bonchev–Trinajstić information content (AvgIpc) is 3.18. The molecule has 7 nitrogen and oxygen atoms in total. The van der Waals surface area contributed by atoms with Crippen LogP contribution in [-0.2, 0) is 9.59 Å². The highest BCUT2D eigenvalue weighted by Gasteiger charge is 2.17. The Morgan fingerprint density at radius 1 is 1.13 bits per heavy atom. The van der Waals surface area contributed by atoms with Crippen LogP contribution in [0.4, 0.5) is 5.69 Å². The van der Waals surface area contributed by atoms with E-state index in [9.17, 15) is 9.59 Å². The van der Waals surface area contributed by atoms with Gasteiger partial charge in [-0.1, -0.05) is 47.6 Å². The van der Waals surface area contributed by atoms with E-state index in [1.165, 1.54) is 4.90 Å². The Balaban J connectivity index is 1.52. The van der Waals surface area contributed by atoms with Gasteiger partial charge in [0.05, 0.1) is 12.3 Å². The second kappa shape index (κ2) is 9.77. The molecule has 0 aliphatic carbocycles. The number of amides is 2. The number of carbonyl (C=O) groups is 2. The lowest BCUT2D eigenvalue weighted by molar-refractivity contribution is -0.131. The molecule has 3 aromatic rings. The first-order chi connectivity index (χ1) is 14.3. The van der Waals surface area contributed by atoms with Crippen LogP contribution in [0.5, 0.6) is 0 Å². The van der Waals surface area contributed by atoms with Crippen molar-refractivity contribution >= 4 is 40.9 Å². The quantitative estimate of drug-likeness (QED) is 0.549. The molecule has 0 aliphatic rings. The minimum absolute atomic E-state index is 0.0508. The minimum atomic E-state index is -0.255. The van der Waals surface area contributed by atoms with Crippen LogP contribution < -0.4 is 5.32 Å². The molecule has 0 saturated heterocycles. The van der Waals surface area contributed by atoms with Gasteiger partial charge in [0, 0.05) is 23.3 Å². The molecule has 2 aromatic carbocycles. The highest BCUT2D eigenvalue weighted by Crippen LogP contribution is 2.25. The number of benzene rings is 2. The smallest absolute Gasteiger partial charge is 0.277 e. The summed E-state index contributed by atoms with van der Waals surface area (Å²) in [6.07, 6.45) is 0. The third kappa shape index (κ3) is 5.61. The summed E-state index contributed by atoms with van der Waals surface area (Å²) in [7, 11) is 1.58. The Kier molecular flexibility index (Phi) is 7.12. The number of aryl methyl sites for hydroxylation is 2. The SMILES string of the molecule is Cc1cccc(C)c1NC(=O)CN(C)C(=O)CSc1nnc(-c2cccc(Cl)c2)o1. The molecule has 1 N–H and O–H groups in total. The Labute approximate surface area is 183 Å². The summed E-state index contributed by atoms with van der Waals surface area (Å²) in [5.41, 5.74) is 3.42. The standard InChI is InChI=1S/C21H21ClN4O3S/c1-13-6-4-7-14(2)19(13)23-17(27)11-26(3)18(28)12-30-21-25-24-20(29-21)15-8-5-9-16(22)10-15/h4-10H,11-12H2,1-3H3,(H,23,27). The van der Waals surface area contributed by atoms with E-state index >= 15 is 0 Å². The molecule has 0 saturated carbocycles. The number of rotatable bonds is 7. The number of carbonyl (C=O) groups excluding carboxylic acids is 2. The van der Waals surface area contributed by atoms with E-state index in [-0.39, 0.29) is 29.3 Å². The van der Waals surface area contributed by atoms with Gasteiger partial charge in [-0.3, -0.25) is 9.59 Å². The summed E-state index contributed by atoms with van der Waals surface area (Å²) < 4.78 is 5.57. The van der Waals surface area contributed by atoms with E-state index in [0.717, 1.165) is 28.6 Å². The highest BCUT2D eigenvalue weighted by molar-refractivity contribution is 7.99. The van der Waals surface area contributed by atoms with Crippen molar-refractivity contribution in [3.63, 3.8) is 0 Å². The molecule has 2 amide bonds. The number of hydrogen-bond donors (Lipinski definition) is 1. The van der Waals surface area contributed by atoms with Gasteiger partial charge < -0.3 is 14.6 Å². The summed E-state index contributed by atoms with van der Waals surface area (Å²) in [5.74, 6) is -0.0770. The highest BCUT2D eigenvalue weighted by atomic mass is 35.5. The van der Waals surface area contributed by atoms with Crippen LogP contribution in [0.3, 0.4) is 0 Å². The van der Waals surface area contributed by atoms with Gasteiger partial charge in [0.15, 0.2) is 0 Å². The zero-order valence-electron chi connectivity index (χ0n) is 16.8. The number of halogens is 1. The summed E-state index contributed by atoms with van der Waals surface area (Å²) in [6, 6.07) is 12.9. The fourth-order valence-corrected chi connectivity index (χ4v) is 3.63. The van der Waals surface area contributed by atoms with Crippen LogP contribution in [-0.4, -0.2) is 46.3 Å². The molecular formula is C21H21ClN4O3S. The van der Waals surface area contributed by atoms with Gasteiger partial charge >= 0.3 is 0 Å². The maximum absolute atomic E-state index is 12.4. The monoisotopic (exact) mass is 444 g/mol. The van der Waals surface area contributed by atoms with Crippen molar-refractivity contribution in [1.82, 2.24) is 15.1 Å². The molecular weight excluding hydrogens is 424 g/mol. The van der Waals surface area contributed by atoms with E-state index in [1.807, 2.05) is 38.1 Å². The Bertz CT molecular complexity index is 1050. The first-order valence-electron chi connectivity index (χ1n) is 9.16. The van der Waals surface area contributed by atoms with Gasteiger partial charge in [0.2, 0.25) is 17.7 Å². The molecule has 1 heterocycles. The van der Waals surface area contributed by atoms with Crippen molar-refractivity contribution in [2.75, 3.05) is 24.7 Å². The van der Waals surface area contributed by atoms with Gasteiger partial charge in [-0.15, -0.1) is 10.2 Å². The van der Waals surface area contributed by atoms with Crippen LogP contribution in [0.15, 0.2) is 52.1 Å². The van der Waals surface area contributed by atoms with Crippen LogP contribution in [0.1, 0.15) is 11.1 Å². The molecule has 0 aliphatic heterocycles. The summed E-state index contributed by atoms with van der Waals surface area (Å²) in [4.78, 5) is 26.1. The third-order valence-corrected chi connectivity index (χ3v) is 5.39. The molecule has 9 heteroatoms. The second-order valence-electron chi connectivity index (χ2n) is 6.74. The number of thioether (sulfide) groups is 1. The second-order valence-corrected chi connectivity index (χ2v) is 8.10. The normalized spacial score (nSPS) is 10.7. The molecule has 1 aromatic heterocycles. The van der Waals surface area contributed by atoms with Gasteiger partial charge in [-0.05, 0) is 43.2 Å². The number of para-hydroxylation sites is 1. The van der Waals surface area contributed by atoms with E-state index in [1.54, 1.807) is 25.2 Å². The molecule has 3 rings (SSSR count). The molecule has 0 atom stereocenters. The van der Waals surface area contributed by atoms with E-state index < -0.39 is 0 Å². The fraction of sp³-hybridized carbons (Fsp3) is 0.238. The Morgan fingerprint density at radius 3 is 2.53 bits per heavy atom. The number of nitrogens with one attached hydrogen (secondary N) is 1. The zero-order chi connectivity index (χ0) is 21.7. The van der Waals surface area contributed by atoms with Crippen molar-refractivity contribution in [2.24, 2.45) is 0 Å². The van der Waals surface area contributed by atoms with Crippen LogP contribution in [0.2, 0.25) is 5.02 Å². The van der Waals surface area contributed by atoms with Crippen LogP contribution in [0, 0.1) is 13.8 Å². The molecule has 0 spiro atoms. The van der Waals surface area contributed by atoms with E-state index in [0.29, 0.717) is 16.5 Å². The maximum atomic E-state index is 12.4. The number of hydrogen-bond acceptors (Lipinski definition) is 6. The van der Waals surface area contributed by atoms with Gasteiger partial charge in [0.1, 0.15) is 0 Å². The van der Waals surface area contributed by atoms with Gasteiger partial charge in [-0.2, -0.15) is 0 Å². The zero-order valence-corrected chi connectivity index (χ0v) is 18.4. The van der Waals surface area contributed by atoms with Crippen molar-refractivity contribution in [3.8, 4) is 11.5 Å². The summed E-state index contributed by atoms with van der Waals surface area (Å²) in [6.45, 7) is 3.80.